The van der Waals surface area contributed by atoms with Crippen LogP contribution in [0.5, 0.6) is 0 Å². The van der Waals surface area contributed by atoms with E-state index in [2.05, 4.69) is 0 Å². The molecule has 0 N–H and O–H groups in total. The van der Waals surface area contributed by atoms with Crippen molar-refractivity contribution in [3.05, 3.63) is 69.7 Å². The summed E-state index contributed by atoms with van der Waals surface area (Å²) in [6, 6.07) is 13.5. The molecule has 25 heavy (non-hydrogen) atoms. The molecule has 0 heterocycles. The standard InChI is InChI=1S/C18H16Cl2O3.H3OP/c1-11(2)23-18(22)15(12-7-4-3-5-8-12)17(21)16-13(19)9-6-10-14(16)20;1-2/h3-11,15H,1-2H3;2H3. The first kappa shape index (κ1) is 21.4. The van der Waals surface area contributed by atoms with Crippen LogP contribution >= 0.6 is 32.3 Å². The lowest BCUT2D eigenvalue weighted by molar-refractivity contribution is -0.147. The number of esters is 1. The first-order valence-electron chi connectivity index (χ1n) is 7.44. The van der Waals surface area contributed by atoms with E-state index >= 15 is 0 Å². The average molecular weight is 401 g/mol. The molecular formula is C18H19Cl2O4P. The second-order valence-corrected chi connectivity index (χ2v) is 6.10. The molecule has 0 spiro atoms. The third-order valence-electron chi connectivity index (χ3n) is 3.19. The zero-order chi connectivity index (χ0) is 19.0. The zero-order valence-corrected chi connectivity index (χ0v) is 16.8. The number of halogens is 2. The molecule has 0 aliphatic carbocycles. The van der Waals surface area contributed by atoms with E-state index in [1.165, 1.54) is 0 Å². The molecule has 2 unspecified atom stereocenters. The van der Waals surface area contributed by atoms with Gasteiger partial charge in [0.25, 0.3) is 0 Å². The van der Waals surface area contributed by atoms with Crippen LogP contribution in [-0.2, 0) is 14.1 Å². The summed E-state index contributed by atoms with van der Waals surface area (Å²) in [6.45, 7) is 3.46. The molecule has 134 valence electrons. The average Bonchev–Trinajstić information content (AvgIpc) is 2.57. The van der Waals surface area contributed by atoms with E-state index in [-0.39, 0.29) is 21.7 Å². The van der Waals surface area contributed by atoms with E-state index in [4.69, 9.17) is 32.5 Å². The summed E-state index contributed by atoms with van der Waals surface area (Å²) in [7, 11) is 0.611. The van der Waals surface area contributed by atoms with Crippen LogP contribution < -0.4 is 0 Å². The maximum atomic E-state index is 12.9. The summed E-state index contributed by atoms with van der Waals surface area (Å²) in [6.07, 6.45) is -0.330. The van der Waals surface area contributed by atoms with Gasteiger partial charge >= 0.3 is 5.97 Å². The molecule has 0 aliphatic rings. The largest absolute Gasteiger partial charge is 0.462 e. The smallest absolute Gasteiger partial charge is 0.321 e. The molecule has 4 nitrogen and oxygen atoms in total. The fourth-order valence-corrected chi connectivity index (χ4v) is 2.80. The molecule has 0 bridgehead atoms. The van der Waals surface area contributed by atoms with E-state index in [1.54, 1.807) is 62.4 Å². The molecule has 0 fully saturated rings. The van der Waals surface area contributed by atoms with Gasteiger partial charge in [-0.05, 0) is 31.5 Å². The Morgan fingerprint density at radius 3 is 1.92 bits per heavy atom. The molecule has 0 saturated carbocycles. The van der Waals surface area contributed by atoms with E-state index in [0.29, 0.717) is 14.7 Å². The zero-order valence-electron chi connectivity index (χ0n) is 13.9. The van der Waals surface area contributed by atoms with Gasteiger partial charge in [0.05, 0.1) is 30.8 Å². The monoisotopic (exact) mass is 400 g/mol. The molecule has 0 saturated heterocycles. The predicted octanol–water partition coefficient (Wildman–Crippen LogP) is 4.85. The van der Waals surface area contributed by atoms with Gasteiger partial charge in [0.1, 0.15) is 5.92 Å². The third kappa shape index (κ3) is 5.71. The van der Waals surface area contributed by atoms with E-state index in [0.717, 1.165) is 0 Å². The maximum Gasteiger partial charge on any atom is 0.321 e. The third-order valence-corrected chi connectivity index (χ3v) is 3.82. The summed E-state index contributed by atoms with van der Waals surface area (Å²) < 4.78 is 13.5. The van der Waals surface area contributed by atoms with E-state index in [9.17, 15) is 9.59 Å². The summed E-state index contributed by atoms with van der Waals surface area (Å²) in [5.41, 5.74) is 0.671. The molecule has 7 heteroatoms. The normalized spacial score (nSPS) is 11.4. The topological polar surface area (TPSA) is 60.4 Å². The van der Waals surface area contributed by atoms with Gasteiger partial charge in [-0.2, -0.15) is 0 Å². The molecular weight excluding hydrogens is 382 g/mol. The van der Waals surface area contributed by atoms with Crippen LogP contribution in [-0.4, -0.2) is 17.9 Å². The van der Waals surface area contributed by atoms with Crippen molar-refractivity contribution in [2.24, 2.45) is 0 Å². The van der Waals surface area contributed by atoms with Crippen LogP contribution in [0.3, 0.4) is 0 Å². The number of ether oxygens (including phenoxy) is 1. The van der Waals surface area contributed by atoms with Gasteiger partial charge in [0, 0.05) is 0 Å². The Labute approximate surface area is 158 Å². The lowest BCUT2D eigenvalue weighted by Gasteiger charge is -2.18. The molecule has 0 aromatic heterocycles. The summed E-state index contributed by atoms with van der Waals surface area (Å²) >= 11 is 12.2. The number of carbonyl (C=O) groups excluding carboxylic acids is 2. The van der Waals surface area contributed by atoms with Crippen LogP contribution in [0.4, 0.5) is 0 Å². The lowest BCUT2D eigenvalue weighted by atomic mass is 9.90. The fourth-order valence-electron chi connectivity index (χ4n) is 2.22. The van der Waals surface area contributed by atoms with Gasteiger partial charge in [-0.1, -0.05) is 59.6 Å². The van der Waals surface area contributed by atoms with Gasteiger partial charge in [-0.3, -0.25) is 9.59 Å². The minimum absolute atomic E-state index is 0.130. The van der Waals surface area contributed by atoms with Crippen LogP contribution in [0.2, 0.25) is 10.0 Å². The first-order valence-corrected chi connectivity index (χ1v) is 8.77. The highest BCUT2D eigenvalue weighted by Gasteiger charge is 2.33. The SMILES string of the molecule is CC(C)OC(=O)C(C(=O)c1c(Cl)cccc1Cl)c1ccccc1.O=[PH3]. The maximum absolute atomic E-state index is 12.9. The minimum Gasteiger partial charge on any atom is -0.462 e. The molecule has 2 aromatic carbocycles. The highest BCUT2D eigenvalue weighted by Crippen LogP contribution is 2.31. The second kappa shape index (κ2) is 10.4. The number of hydrogen-bond donors (Lipinski definition) is 0. The Morgan fingerprint density at radius 1 is 0.920 bits per heavy atom. The minimum atomic E-state index is -1.10. The molecule has 2 aromatic rings. The van der Waals surface area contributed by atoms with Crippen molar-refractivity contribution in [2.45, 2.75) is 25.9 Å². The number of benzene rings is 2. The van der Waals surface area contributed by atoms with Crippen molar-refractivity contribution < 1.29 is 18.9 Å². The highest BCUT2D eigenvalue weighted by atomic mass is 35.5. The predicted molar refractivity (Wildman–Crippen MR) is 103 cm³/mol. The molecule has 0 radical (unpaired) electrons. The van der Waals surface area contributed by atoms with Crippen molar-refractivity contribution in [2.75, 3.05) is 0 Å². The van der Waals surface area contributed by atoms with Gasteiger partial charge in [0.2, 0.25) is 0 Å². The van der Waals surface area contributed by atoms with E-state index in [1.807, 2.05) is 0 Å². The number of rotatable bonds is 5. The quantitative estimate of drug-likeness (QED) is 0.311. The lowest BCUT2D eigenvalue weighted by Crippen LogP contribution is -2.27. The Kier molecular flexibility index (Phi) is 8.91. The number of hydrogen-bond acceptors (Lipinski definition) is 4. The fraction of sp³-hybridized carbons (Fsp3) is 0.222. The molecule has 2 rings (SSSR count). The van der Waals surface area contributed by atoms with E-state index < -0.39 is 17.7 Å². The number of carbonyl (C=O) groups is 2. The van der Waals surface area contributed by atoms with Crippen molar-refractivity contribution in [3.8, 4) is 0 Å². The second-order valence-electron chi connectivity index (χ2n) is 5.29. The van der Waals surface area contributed by atoms with Crippen LogP contribution in [0.1, 0.15) is 35.7 Å². The van der Waals surface area contributed by atoms with Crippen molar-refractivity contribution >= 4 is 44.1 Å². The van der Waals surface area contributed by atoms with Crippen molar-refractivity contribution in [3.63, 3.8) is 0 Å². The van der Waals surface area contributed by atoms with Crippen LogP contribution in [0, 0.1) is 0 Å². The van der Waals surface area contributed by atoms with Gasteiger partial charge in [-0.25, -0.2) is 0 Å². The Hall–Kier alpha value is -1.61. The van der Waals surface area contributed by atoms with Crippen molar-refractivity contribution in [1.82, 2.24) is 0 Å². The summed E-state index contributed by atoms with van der Waals surface area (Å²) in [5.74, 6) is -2.19. The van der Waals surface area contributed by atoms with Crippen LogP contribution in [0.15, 0.2) is 48.5 Å². The Morgan fingerprint density at radius 2 is 1.44 bits per heavy atom. The van der Waals surface area contributed by atoms with Gasteiger partial charge in [0.15, 0.2) is 5.78 Å². The molecule has 0 amide bonds. The van der Waals surface area contributed by atoms with Gasteiger partial charge in [-0.15, -0.1) is 0 Å². The Bertz CT molecular complexity index is 715. The summed E-state index contributed by atoms with van der Waals surface area (Å²) in [4.78, 5) is 25.4. The highest BCUT2D eigenvalue weighted by molar-refractivity contribution is 7.00. The summed E-state index contributed by atoms with van der Waals surface area (Å²) in [5, 5.41) is 0.418. The van der Waals surface area contributed by atoms with Crippen molar-refractivity contribution in [1.29, 1.82) is 0 Å². The number of Topliss-reactive ketones (excluding diaryl/α,β-unsaturated/α-hetero) is 1. The number of ketones is 1. The van der Waals surface area contributed by atoms with Crippen LogP contribution in [0.25, 0.3) is 0 Å². The Balaban J connectivity index is 0.00000151. The molecule has 0 aliphatic heterocycles. The molecule has 2 atom stereocenters. The van der Waals surface area contributed by atoms with Gasteiger partial charge < -0.3 is 9.30 Å². The first-order chi connectivity index (χ1) is 11.9.